The van der Waals surface area contributed by atoms with Crippen molar-refractivity contribution in [2.24, 2.45) is 0 Å². The van der Waals surface area contributed by atoms with Crippen LogP contribution in [-0.4, -0.2) is 27.6 Å². The fourth-order valence-corrected chi connectivity index (χ4v) is 8.94. The predicted molar refractivity (Wildman–Crippen MR) is 229 cm³/mol. The molecule has 0 N–H and O–H groups in total. The zero-order chi connectivity index (χ0) is 39.2. The van der Waals surface area contributed by atoms with E-state index < -0.39 is 14.0 Å². The molecule has 8 aromatic rings. The van der Waals surface area contributed by atoms with E-state index in [2.05, 4.69) is 117 Å². The molecule has 0 spiro atoms. The van der Waals surface area contributed by atoms with E-state index in [0.29, 0.717) is 11.8 Å². The van der Waals surface area contributed by atoms with Crippen molar-refractivity contribution in [2.75, 3.05) is 0 Å². The second kappa shape index (κ2) is 16.2. The van der Waals surface area contributed by atoms with Crippen LogP contribution in [-0.2, 0) is 20.1 Å². The Labute approximate surface area is 342 Å². The van der Waals surface area contributed by atoms with E-state index in [9.17, 15) is 0 Å². The molecule has 0 fully saturated rings. The Bertz CT molecular complexity index is 2620. The molecule has 0 unspecified atom stereocenters. The van der Waals surface area contributed by atoms with Crippen LogP contribution in [0, 0.1) is 19.1 Å². The molecule has 0 aliphatic rings. The van der Waals surface area contributed by atoms with Gasteiger partial charge in [0.2, 0.25) is 0 Å². The molecule has 7 heteroatoms. The summed E-state index contributed by atoms with van der Waals surface area (Å²) in [7, 11) is -1.50. The molecule has 0 bridgehead atoms. The molecule has 1 radical (unpaired) electrons. The number of fused-ring (bicyclic) bond motifs is 4. The third-order valence-corrected chi connectivity index (χ3v) is 12.1. The van der Waals surface area contributed by atoms with E-state index in [1.54, 1.807) is 0 Å². The summed E-state index contributed by atoms with van der Waals surface area (Å²) in [4.78, 5) is 14.4. The fraction of sp³-hybridized carbons (Fsp3) is 0.271. The van der Waals surface area contributed by atoms with E-state index in [4.69, 9.17) is 10.8 Å². The third kappa shape index (κ3) is 7.76. The molecule has 55 heavy (non-hydrogen) atoms. The Hall–Kier alpha value is -4.68. The summed E-state index contributed by atoms with van der Waals surface area (Å²) in [6, 6.07) is 37.5. The van der Waals surface area contributed by atoms with Crippen LogP contribution in [0.3, 0.4) is 0 Å². The van der Waals surface area contributed by atoms with Gasteiger partial charge in [-0.25, -0.2) is 0 Å². The van der Waals surface area contributed by atoms with E-state index in [0.717, 1.165) is 66.9 Å². The van der Waals surface area contributed by atoms with Crippen molar-refractivity contribution in [1.29, 1.82) is 0 Å². The Kier molecular flexibility index (Phi) is 11.4. The molecule has 0 aliphatic carbocycles. The van der Waals surface area contributed by atoms with Gasteiger partial charge in [0.05, 0.1) is 36.2 Å². The summed E-state index contributed by atoms with van der Waals surface area (Å²) >= 11 is 0. The van der Waals surface area contributed by atoms with Crippen LogP contribution in [0.15, 0.2) is 108 Å². The number of imidazole rings is 1. The summed E-state index contributed by atoms with van der Waals surface area (Å²) in [5.74, 6) is 0.909. The van der Waals surface area contributed by atoms with Gasteiger partial charge < -0.3 is 14.0 Å². The number of hydrogen-bond donors (Lipinski definition) is 0. The van der Waals surface area contributed by atoms with Crippen molar-refractivity contribution in [3.05, 3.63) is 138 Å². The maximum absolute atomic E-state index is 8.44. The van der Waals surface area contributed by atoms with Crippen molar-refractivity contribution in [2.45, 2.75) is 85.8 Å². The number of furan rings is 1. The number of benzene rings is 4. The topological polar surface area (TPSA) is 56.7 Å². The number of pyridine rings is 2. The molecule has 4 aromatic heterocycles. The Balaban J connectivity index is 0.000000217. The molecule has 4 heterocycles. The fourth-order valence-electron chi connectivity index (χ4n) is 7.36. The predicted octanol–water partition coefficient (Wildman–Crippen LogP) is 12.6. The van der Waals surface area contributed by atoms with Crippen molar-refractivity contribution in [3.8, 4) is 28.3 Å². The molecule has 283 valence electrons. The zero-order valence-corrected chi connectivity index (χ0v) is 36.9. The van der Waals surface area contributed by atoms with E-state index in [1.165, 1.54) is 22.0 Å². The molecular formula is C48H50IrN4OSi-2. The van der Waals surface area contributed by atoms with E-state index in [-0.39, 0.29) is 20.1 Å². The molecule has 5 nitrogen and oxygen atoms in total. The smallest absolute Gasteiger partial charge is 0.120 e. The molecule has 0 saturated carbocycles. The molecule has 0 amide bonds. The molecule has 8 rings (SSSR count). The zero-order valence-electron chi connectivity index (χ0n) is 34.5. The Morgan fingerprint density at radius 1 is 0.764 bits per heavy atom. The van der Waals surface area contributed by atoms with Crippen LogP contribution in [0.4, 0.5) is 0 Å². The first-order valence-electron chi connectivity index (χ1n) is 19.4. The monoisotopic (exact) mass is 920 g/mol. The van der Waals surface area contributed by atoms with Crippen LogP contribution < -0.4 is 5.19 Å². The quantitative estimate of drug-likeness (QED) is 0.118. The first kappa shape index (κ1) is 38.6. The van der Waals surface area contributed by atoms with Crippen LogP contribution in [0.2, 0.25) is 19.6 Å². The number of rotatable bonds is 7. The maximum atomic E-state index is 8.44. The van der Waals surface area contributed by atoms with Gasteiger partial charge in [-0.15, -0.1) is 54.1 Å². The normalized spacial score (nSPS) is 12.3. The van der Waals surface area contributed by atoms with Crippen molar-refractivity contribution < 1.29 is 25.9 Å². The van der Waals surface area contributed by atoms with E-state index >= 15 is 0 Å². The molecule has 4 aromatic carbocycles. The minimum atomic E-state index is -1.50. The van der Waals surface area contributed by atoms with Gasteiger partial charge in [-0.2, -0.15) is 0 Å². The van der Waals surface area contributed by atoms with Gasteiger partial charge in [-0.3, -0.25) is 9.97 Å². The summed E-state index contributed by atoms with van der Waals surface area (Å²) in [6.45, 7) is 21.8. The third-order valence-electron chi connectivity index (χ3n) is 10.1. The van der Waals surface area contributed by atoms with Gasteiger partial charge in [0.25, 0.3) is 0 Å². The van der Waals surface area contributed by atoms with Gasteiger partial charge in [0, 0.05) is 44.9 Å². The van der Waals surface area contributed by atoms with Crippen LogP contribution in [0.1, 0.15) is 83.0 Å². The van der Waals surface area contributed by atoms with Crippen LogP contribution >= 0.6 is 0 Å². The molecule has 0 atom stereocenters. The van der Waals surface area contributed by atoms with Crippen molar-refractivity contribution in [3.63, 3.8) is 0 Å². The first-order valence-corrected chi connectivity index (χ1v) is 22.4. The molecular weight excluding hydrogens is 869 g/mol. The minimum absolute atomic E-state index is 0. The summed E-state index contributed by atoms with van der Waals surface area (Å²) in [5.41, 5.74) is 12.2. The van der Waals surface area contributed by atoms with Crippen molar-refractivity contribution >= 4 is 46.2 Å². The Morgan fingerprint density at radius 2 is 1.47 bits per heavy atom. The first-order chi connectivity index (χ1) is 26.1. The average Bonchev–Trinajstić information content (AvgIpc) is 3.74. The number of aryl methyl sites for hydroxylation is 1. The molecule has 0 aliphatic heterocycles. The van der Waals surface area contributed by atoms with Gasteiger partial charge in [-0.05, 0) is 58.8 Å². The SMILES string of the molecule is Cc1nccc2nc(-c3[c-]ccc4c3oc3ccccc34)n(-c3c(C(C)C)cccc3C(C)C)c12.[2H]C(C)(C)c1cc(-c2[c-]cccc2)ncc1[Si](C)(C)C.[Ir]. The number of aromatic nitrogens is 4. The summed E-state index contributed by atoms with van der Waals surface area (Å²) in [6.07, 6.45) is 3.82. The van der Waals surface area contributed by atoms with E-state index in [1.807, 2.05) is 80.8 Å². The van der Waals surface area contributed by atoms with Crippen molar-refractivity contribution in [1.82, 2.24) is 19.5 Å². The average molecular weight is 920 g/mol. The van der Waals surface area contributed by atoms with Crippen LogP contribution in [0.25, 0.3) is 61.3 Å². The van der Waals surface area contributed by atoms with Gasteiger partial charge in [0.1, 0.15) is 5.58 Å². The van der Waals surface area contributed by atoms with Gasteiger partial charge in [-0.1, -0.05) is 120 Å². The van der Waals surface area contributed by atoms with Crippen LogP contribution in [0.5, 0.6) is 0 Å². The standard InChI is InChI=1S/C31H28N3O.C17H22NSi.Ir/c1-18(2)21-11-8-12-22(19(3)4)29(21)34-28-20(5)32-17-16-26(28)33-31(34)25-14-9-13-24-23-10-6-7-15-27(23)35-30(24)25;1-13(2)15-11-16(14-9-7-6-8-10-14)18-12-17(15)19(3,4)5;/h6-13,15-19H,1-5H3;6-9,11-13H,1-5H3;/q2*-1;/i;13D;. The Morgan fingerprint density at radius 3 is 2.13 bits per heavy atom. The summed E-state index contributed by atoms with van der Waals surface area (Å²) in [5, 5.41) is 3.45. The summed E-state index contributed by atoms with van der Waals surface area (Å²) < 4.78 is 17.2. The van der Waals surface area contributed by atoms with Gasteiger partial charge >= 0.3 is 0 Å². The largest absolute Gasteiger partial charge is 0.501 e. The van der Waals surface area contributed by atoms with Gasteiger partial charge in [0.15, 0.2) is 0 Å². The molecule has 0 saturated heterocycles. The number of para-hydroxylation sites is 2. The second-order valence-electron chi connectivity index (χ2n) is 16.0. The second-order valence-corrected chi connectivity index (χ2v) is 21.0. The number of hydrogen-bond acceptors (Lipinski definition) is 4. The number of nitrogens with zero attached hydrogens (tertiary/aromatic N) is 4. The maximum Gasteiger partial charge on any atom is 0.120 e. The minimum Gasteiger partial charge on any atom is -0.501 e.